The van der Waals surface area contributed by atoms with Crippen molar-refractivity contribution >= 4 is 0 Å². The van der Waals surface area contributed by atoms with Gasteiger partial charge in [0.1, 0.15) is 5.82 Å². The molecular formula is C22H25F3. The van der Waals surface area contributed by atoms with Crippen LogP contribution in [0.15, 0.2) is 36.4 Å². The number of halogens is 3. The number of benzene rings is 2. The van der Waals surface area contributed by atoms with Crippen molar-refractivity contribution in [3.8, 4) is 11.1 Å². The van der Waals surface area contributed by atoms with Crippen LogP contribution >= 0.6 is 0 Å². The van der Waals surface area contributed by atoms with E-state index in [0.717, 1.165) is 30.0 Å². The highest BCUT2D eigenvalue weighted by Gasteiger charge is 2.21. The lowest BCUT2D eigenvalue weighted by Crippen LogP contribution is -2.16. The Morgan fingerprint density at radius 3 is 2.16 bits per heavy atom. The van der Waals surface area contributed by atoms with Gasteiger partial charge in [0.2, 0.25) is 0 Å². The van der Waals surface area contributed by atoms with Gasteiger partial charge in [-0.25, -0.2) is 13.2 Å². The molecule has 0 bridgehead atoms. The summed E-state index contributed by atoms with van der Waals surface area (Å²) in [5.41, 5.74) is 1.67. The molecule has 1 fully saturated rings. The molecule has 0 aliphatic heterocycles. The van der Waals surface area contributed by atoms with Gasteiger partial charge >= 0.3 is 0 Å². The van der Waals surface area contributed by atoms with Crippen molar-refractivity contribution in [3.63, 3.8) is 0 Å². The van der Waals surface area contributed by atoms with Crippen LogP contribution in [0.3, 0.4) is 0 Å². The van der Waals surface area contributed by atoms with Crippen LogP contribution in [-0.4, -0.2) is 0 Å². The average molecular weight is 346 g/mol. The van der Waals surface area contributed by atoms with E-state index in [9.17, 15) is 13.2 Å². The Balaban J connectivity index is 1.67. The van der Waals surface area contributed by atoms with Crippen LogP contribution in [0.1, 0.15) is 51.0 Å². The molecular weight excluding hydrogens is 321 g/mol. The van der Waals surface area contributed by atoms with E-state index in [1.54, 1.807) is 12.1 Å². The molecule has 0 radical (unpaired) electrons. The highest BCUT2D eigenvalue weighted by molar-refractivity contribution is 5.64. The zero-order valence-electron chi connectivity index (χ0n) is 14.7. The second kappa shape index (κ2) is 8.07. The van der Waals surface area contributed by atoms with Crippen LogP contribution in [-0.2, 0) is 6.42 Å². The summed E-state index contributed by atoms with van der Waals surface area (Å²) in [6, 6.07) is 8.63. The van der Waals surface area contributed by atoms with Crippen molar-refractivity contribution < 1.29 is 13.2 Å². The van der Waals surface area contributed by atoms with Gasteiger partial charge in [0, 0.05) is 5.56 Å². The first-order valence-electron chi connectivity index (χ1n) is 9.30. The Labute approximate surface area is 148 Å². The predicted molar refractivity (Wildman–Crippen MR) is 95.8 cm³/mol. The zero-order valence-corrected chi connectivity index (χ0v) is 14.7. The van der Waals surface area contributed by atoms with Crippen LogP contribution in [0.5, 0.6) is 0 Å². The highest BCUT2D eigenvalue weighted by atomic mass is 19.2. The molecule has 1 aliphatic carbocycles. The van der Waals surface area contributed by atoms with Gasteiger partial charge in [0.25, 0.3) is 0 Å². The van der Waals surface area contributed by atoms with Crippen molar-refractivity contribution in [3.05, 3.63) is 59.4 Å². The lowest BCUT2D eigenvalue weighted by atomic mass is 9.78. The van der Waals surface area contributed by atoms with E-state index in [2.05, 4.69) is 6.92 Å². The van der Waals surface area contributed by atoms with E-state index in [1.165, 1.54) is 44.6 Å². The third-order valence-electron chi connectivity index (χ3n) is 5.45. The molecule has 1 aliphatic rings. The van der Waals surface area contributed by atoms with E-state index in [1.807, 2.05) is 6.07 Å². The minimum atomic E-state index is -0.954. The van der Waals surface area contributed by atoms with Gasteiger partial charge in [-0.15, -0.1) is 0 Å². The maximum Gasteiger partial charge on any atom is 0.159 e. The molecule has 2 aromatic rings. The fraction of sp³-hybridized carbons (Fsp3) is 0.455. The summed E-state index contributed by atoms with van der Waals surface area (Å²) in [5, 5.41) is 0. The van der Waals surface area contributed by atoms with E-state index in [-0.39, 0.29) is 5.82 Å². The number of hydrogen-bond acceptors (Lipinski definition) is 0. The van der Waals surface area contributed by atoms with E-state index < -0.39 is 11.6 Å². The molecule has 2 aromatic carbocycles. The molecule has 0 amide bonds. The maximum absolute atomic E-state index is 14.5. The van der Waals surface area contributed by atoms with Gasteiger partial charge in [-0.1, -0.05) is 50.8 Å². The molecule has 0 unspecified atom stereocenters. The Bertz CT molecular complexity index is 715. The van der Waals surface area contributed by atoms with Gasteiger partial charge in [0.15, 0.2) is 11.6 Å². The maximum atomic E-state index is 14.5. The molecule has 0 aromatic heterocycles. The first-order valence-corrected chi connectivity index (χ1v) is 9.30. The van der Waals surface area contributed by atoms with E-state index in [0.29, 0.717) is 17.0 Å². The molecule has 3 rings (SSSR count). The van der Waals surface area contributed by atoms with Crippen LogP contribution in [0.25, 0.3) is 11.1 Å². The van der Waals surface area contributed by atoms with Crippen molar-refractivity contribution in [2.24, 2.45) is 11.8 Å². The molecule has 0 nitrogen and oxygen atoms in total. The normalized spacial score (nSPS) is 20.6. The molecule has 0 N–H and O–H groups in total. The molecule has 0 atom stereocenters. The van der Waals surface area contributed by atoms with Crippen LogP contribution in [0, 0.1) is 29.3 Å². The number of hydrogen-bond donors (Lipinski definition) is 0. The first-order chi connectivity index (χ1) is 12.1. The van der Waals surface area contributed by atoms with Crippen LogP contribution < -0.4 is 0 Å². The first kappa shape index (κ1) is 18.0. The molecule has 134 valence electrons. The van der Waals surface area contributed by atoms with Gasteiger partial charge < -0.3 is 0 Å². The van der Waals surface area contributed by atoms with Crippen molar-refractivity contribution in [1.82, 2.24) is 0 Å². The molecule has 0 saturated heterocycles. The second-order valence-corrected chi connectivity index (χ2v) is 7.32. The SMILES string of the molecule is CCCC1CCC(Cc2ccc(-c3ccc(F)c(F)c3)c(F)c2)CC1. The summed E-state index contributed by atoms with van der Waals surface area (Å²) in [6.07, 6.45) is 8.49. The summed E-state index contributed by atoms with van der Waals surface area (Å²) < 4.78 is 40.9. The lowest BCUT2D eigenvalue weighted by Gasteiger charge is -2.28. The zero-order chi connectivity index (χ0) is 17.8. The summed E-state index contributed by atoms with van der Waals surface area (Å²) in [5.74, 6) is -0.747. The fourth-order valence-corrected chi connectivity index (χ4v) is 4.05. The third-order valence-corrected chi connectivity index (χ3v) is 5.45. The molecule has 0 heterocycles. The fourth-order valence-electron chi connectivity index (χ4n) is 4.05. The van der Waals surface area contributed by atoms with Crippen molar-refractivity contribution in [2.45, 2.75) is 51.9 Å². The predicted octanol–water partition coefficient (Wildman–Crippen LogP) is 6.92. The molecule has 3 heteroatoms. The Hall–Kier alpha value is -1.77. The third kappa shape index (κ3) is 4.45. The molecule has 1 saturated carbocycles. The molecule has 0 spiro atoms. The summed E-state index contributed by atoms with van der Waals surface area (Å²) in [4.78, 5) is 0. The lowest BCUT2D eigenvalue weighted by molar-refractivity contribution is 0.261. The Morgan fingerprint density at radius 1 is 0.800 bits per heavy atom. The highest BCUT2D eigenvalue weighted by Crippen LogP contribution is 2.34. The smallest absolute Gasteiger partial charge is 0.159 e. The number of rotatable bonds is 5. The summed E-state index contributed by atoms with van der Waals surface area (Å²) in [7, 11) is 0. The van der Waals surface area contributed by atoms with Crippen molar-refractivity contribution in [1.29, 1.82) is 0 Å². The minimum absolute atomic E-state index is 0.314. The second-order valence-electron chi connectivity index (χ2n) is 7.32. The molecule has 25 heavy (non-hydrogen) atoms. The van der Waals surface area contributed by atoms with Crippen LogP contribution in [0.4, 0.5) is 13.2 Å². The Kier molecular flexibility index (Phi) is 5.82. The van der Waals surface area contributed by atoms with Crippen molar-refractivity contribution in [2.75, 3.05) is 0 Å². The van der Waals surface area contributed by atoms with Gasteiger partial charge in [0.05, 0.1) is 0 Å². The summed E-state index contributed by atoms with van der Waals surface area (Å²) in [6.45, 7) is 2.24. The average Bonchev–Trinajstić information content (AvgIpc) is 2.60. The van der Waals surface area contributed by atoms with Crippen LogP contribution in [0.2, 0.25) is 0 Å². The minimum Gasteiger partial charge on any atom is -0.206 e. The summed E-state index contributed by atoms with van der Waals surface area (Å²) >= 11 is 0. The standard InChI is InChI=1S/C22H25F3/c1-2-3-15-4-6-16(7-5-15)12-17-8-10-19(21(24)13-17)18-9-11-20(23)22(25)14-18/h8-11,13-16H,2-7,12H2,1H3. The Morgan fingerprint density at radius 2 is 1.52 bits per heavy atom. The van der Waals surface area contributed by atoms with E-state index >= 15 is 0 Å². The largest absolute Gasteiger partial charge is 0.206 e. The topological polar surface area (TPSA) is 0 Å². The quantitative estimate of drug-likeness (QED) is 0.551. The van der Waals surface area contributed by atoms with Gasteiger partial charge in [-0.2, -0.15) is 0 Å². The van der Waals surface area contributed by atoms with Gasteiger partial charge in [-0.3, -0.25) is 0 Å². The van der Waals surface area contributed by atoms with Gasteiger partial charge in [-0.05, 0) is 60.4 Å². The van der Waals surface area contributed by atoms with E-state index in [4.69, 9.17) is 0 Å². The monoisotopic (exact) mass is 346 g/mol.